The summed E-state index contributed by atoms with van der Waals surface area (Å²) in [5.41, 5.74) is 1.08. The normalized spacial score (nSPS) is 11.3. The highest BCUT2D eigenvalue weighted by molar-refractivity contribution is 6.03. The highest BCUT2D eigenvalue weighted by atomic mass is 16.1. The van der Waals surface area contributed by atoms with Gasteiger partial charge in [0.25, 0.3) is 0 Å². The second-order valence-electron chi connectivity index (χ2n) is 4.95. The Morgan fingerprint density at radius 3 is 2.67 bits per heavy atom. The number of pyridine rings is 2. The first kappa shape index (κ1) is 12.4. The van der Waals surface area contributed by atoms with Gasteiger partial charge in [0.15, 0.2) is 18.2 Å². The summed E-state index contributed by atoms with van der Waals surface area (Å²) in [6.45, 7) is 3.86. The van der Waals surface area contributed by atoms with Crippen molar-refractivity contribution in [2.45, 2.75) is 19.3 Å². The van der Waals surface area contributed by atoms with Crippen LogP contribution in [0.25, 0.3) is 0 Å². The predicted molar refractivity (Wildman–Crippen MR) is 69.2 cm³/mol. The zero-order chi connectivity index (χ0) is 13.2. The largest absolute Gasteiger partial charge is 0.293 e. The fraction of sp³-hybridized carbons (Fsp3) is 0.267. The maximum atomic E-state index is 12.6. The van der Waals surface area contributed by atoms with Gasteiger partial charge in [0, 0.05) is 18.5 Å². The van der Waals surface area contributed by atoms with Crippen LogP contribution in [0.1, 0.15) is 29.8 Å². The molecule has 0 amide bonds. The van der Waals surface area contributed by atoms with Crippen LogP contribution in [0, 0.1) is 0 Å². The van der Waals surface area contributed by atoms with Crippen LogP contribution < -0.4 is 4.57 Å². The molecule has 2 rings (SSSR count). The van der Waals surface area contributed by atoms with Gasteiger partial charge < -0.3 is 0 Å². The van der Waals surface area contributed by atoms with E-state index in [0.29, 0.717) is 5.56 Å². The Kier molecular flexibility index (Phi) is 3.24. The van der Waals surface area contributed by atoms with Crippen molar-refractivity contribution in [3.63, 3.8) is 0 Å². The molecule has 0 unspecified atom stereocenters. The molecule has 0 aromatic carbocycles. The van der Waals surface area contributed by atoms with Gasteiger partial charge in [0.1, 0.15) is 7.05 Å². The van der Waals surface area contributed by atoms with Gasteiger partial charge in [-0.25, -0.2) is 4.57 Å². The number of nitrogens with zero attached hydrogens (tertiary/aromatic N) is 2. The molecular formula is C15H17N2O+. The summed E-state index contributed by atoms with van der Waals surface area (Å²) in [7, 11) is 1.91. The molecule has 0 radical (unpaired) electrons. The van der Waals surface area contributed by atoms with Gasteiger partial charge >= 0.3 is 0 Å². The molecular weight excluding hydrogens is 224 g/mol. The maximum absolute atomic E-state index is 12.6. The Hall–Kier alpha value is -2.03. The average molecular weight is 241 g/mol. The van der Waals surface area contributed by atoms with Crippen molar-refractivity contribution < 1.29 is 9.36 Å². The summed E-state index contributed by atoms with van der Waals surface area (Å²) < 4.78 is 1.88. The SMILES string of the molecule is C[n+]1cccc(C(=O)C(C)(C)c2cccnc2)c1. The molecule has 0 fully saturated rings. The number of hydrogen-bond donors (Lipinski definition) is 0. The van der Waals surface area contributed by atoms with Crippen molar-refractivity contribution in [1.82, 2.24) is 4.98 Å². The Morgan fingerprint density at radius 1 is 1.28 bits per heavy atom. The molecule has 0 saturated carbocycles. The van der Waals surface area contributed by atoms with Gasteiger partial charge in [0.05, 0.1) is 11.0 Å². The molecule has 2 heterocycles. The molecule has 3 nitrogen and oxygen atoms in total. The van der Waals surface area contributed by atoms with E-state index < -0.39 is 5.41 Å². The van der Waals surface area contributed by atoms with Gasteiger partial charge in [0.2, 0.25) is 0 Å². The third kappa shape index (κ3) is 2.30. The van der Waals surface area contributed by atoms with E-state index >= 15 is 0 Å². The summed E-state index contributed by atoms with van der Waals surface area (Å²) in [5.74, 6) is 0.103. The second kappa shape index (κ2) is 4.69. The van der Waals surface area contributed by atoms with Gasteiger partial charge in [-0.05, 0) is 31.5 Å². The molecule has 2 aromatic heterocycles. The Balaban J connectivity index is 2.39. The van der Waals surface area contributed by atoms with Crippen LogP contribution >= 0.6 is 0 Å². The fourth-order valence-corrected chi connectivity index (χ4v) is 1.95. The first-order chi connectivity index (χ1) is 8.51. The minimum absolute atomic E-state index is 0.103. The van der Waals surface area contributed by atoms with Crippen LogP contribution in [0.5, 0.6) is 0 Å². The number of rotatable bonds is 3. The van der Waals surface area contributed by atoms with E-state index in [4.69, 9.17) is 0 Å². The van der Waals surface area contributed by atoms with Crippen LogP contribution in [0.4, 0.5) is 0 Å². The number of hydrogen-bond acceptors (Lipinski definition) is 2. The van der Waals surface area contributed by atoms with Crippen molar-refractivity contribution in [2.75, 3.05) is 0 Å². The molecule has 2 aromatic rings. The molecule has 18 heavy (non-hydrogen) atoms. The van der Waals surface area contributed by atoms with Crippen molar-refractivity contribution in [3.05, 3.63) is 60.2 Å². The summed E-state index contributed by atoms with van der Waals surface area (Å²) in [4.78, 5) is 16.7. The summed E-state index contributed by atoms with van der Waals surface area (Å²) in [6.07, 6.45) is 7.22. The first-order valence-corrected chi connectivity index (χ1v) is 5.92. The zero-order valence-corrected chi connectivity index (χ0v) is 10.9. The lowest BCUT2D eigenvalue weighted by atomic mass is 9.79. The molecule has 0 spiro atoms. The molecule has 0 aliphatic heterocycles. The van der Waals surface area contributed by atoms with E-state index in [1.165, 1.54) is 0 Å². The second-order valence-corrected chi connectivity index (χ2v) is 4.95. The third-order valence-electron chi connectivity index (χ3n) is 3.15. The monoisotopic (exact) mass is 241 g/mol. The molecule has 0 atom stereocenters. The highest BCUT2D eigenvalue weighted by Crippen LogP contribution is 2.26. The third-order valence-corrected chi connectivity index (χ3v) is 3.15. The first-order valence-electron chi connectivity index (χ1n) is 5.92. The van der Waals surface area contributed by atoms with Gasteiger partial charge in [-0.3, -0.25) is 9.78 Å². The smallest absolute Gasteiger partial charge is 0.179 e. The molecule has 3 heteroatoms. The zero-order valence-electron chi connectivity index (χ0n) is 10.9. The number of ketones is 1. The van der Waals surface area contributed by atoms with Crippen LogP contribution in [0.15, 0.2) is 49.1 Å². The van der Waals surface area contributed by atoms with Crippen molar-refractivity contribution >= 4 is 5.78 Å². The van der Waals surface area contributed by atoms with Crippen LogP contribution in [0.3, 0.4) is 0 Å². The van der Waals surface area contributed by atoms with Crippen LogP contribution in [-0.2, 0) is 12.5 Å². The minimum Gasteiger partial charge on any atom is -0.293 e. The van der Waals surface area contributed by atoms with Gasteiger partial charge in [-0.2, -0.15) is 0 Å². The summed E-state index contributed by atoms with van der Waals surface area (Å²) in [6, 6.07) is 7.52. The lowest BCUT2D eigenvalue weighted by molar-refractivity contribution is -0.671. The standard InChI is InChI=1S/C15H17N2O/c1-15(2,13-7-4-8-16-10-13)14(18)12-6-5-9-17(3)11-12/h4-11H,1-3H3/q+1. The predicted octanol–water partition coefficient (Wildman–Crippen LogP) is 2.07. The van der Waals surface area contributed by atoms with E-state index in [1.807, 2.05) is 62.1 Å². The summed E-state index contributed by atoms with van der Waals surface area (Å²) >= 11 is 0. The number of Topliss-reactive ketones (excluding diaryl/α,β-unsaturated/α-hetero) is 1. The van der Waals surface area contributed by atoms with E-state index in [-0.39, 0.29) is 5.78 Å². The van der Waals surface area contributed by atoms with E-state index in [1.54, 1.807) is 12.4 Å². The van der Waals surface area contributed by atoms with Crippen LogP contribution in [-0.4, -0.2) is 10.8 Å². The molecule has 92 valence electrons. The van der Waals surface area contributed by atoms with Crippen LogP contribution in [0.2, 0.25) is 0 Å². The number of aryl methyl sites for hydroxylation is 1. The molecule has 0 aliphatic carbocycles. The van der Waals surface area contributed by atoms with Gasteiger partial charge in [-0.1, -0.05) is 6.07 Å². The Labute approximate surface area is 107 Å². The highest BCUT2D eigenvalue weighted by Gasteiger charge is 2.31. The average Bonchev–Trinajstić information content (AvgIpc) is 2.39. The minimum atomic E-state index is -0.567. The lowest BCUT2D eigenvalue weighted by Crippen LogP contribution is -2.33. The van der Waals surface area contributed by atoms with E-state index in [2.05, 4.69) is 4.98 Å². The number of aromatic nitrogens is 2. The topological polar surface area (TPSA) is 33.8 Å². The maximum Gasteiger partial charge on any atom is 0.179 e. The molecule has 0 bridgehead atoms. The molecule has 0 N–H and O–H groups in total. The Bertz CT molecular complexity index is 562. The molecule has 0 saturated heterocycles. The van der Waals surface area contributed by atoms with E-state index in [0.717, 1.165) is 5.56 Å². The quantitative estimate of drug-likeness (QED) is 0.609. The summed E-state index contributed by atoms with van der Waals surface area (Å²) in [5, 5.41) is 0. The van der Waals surface area contributed by atoms with Crippen molar-refractivity contribution in [1.29, 1.82) is 0 Å². The fourth-order valence-electron chi connectivity index (χ4n) is 1.95. The number of carbonyl (C=O) groups is 1. The molecule has 0 aliphatic rings. The van der Waals surface area contributed by atoms with Gasteiger partial charge in [-0.15, -0.1) is 0 Å². The number of carbonyl (C=O) groups excluding carboxylic acids is 1. The Morgan fingerprint density at radius 2 is 2.06 bits per heavy atom. The lowest BCUT2D eigenvalue weighted by Gasteiger charge is -2.22. The van der Waals surface area contributed by atoms with Crippen molar-refractivity contribution in [3.8, 4) is 0 Å². The van der Waals surface area contributed by atoms with E-state index in [9.17, 15) is 4.79 Å². The van der Waals surface area contributed by atoms with Crippen molar-refractivity contribution in [2.24, 2.45) is 7.05 Å².